The first-order valence-corrected chi connectivity index (χ1v) is 8.00. The van der Waals surface area contributed by atoms with Crippen LogP contribution in [-0.2, 0) is 13.6 Å². The number of hydrogen-bond acceptors (Lipinski definition) is 2. The summed E-state index contributed by atoms with van der Waals surface area (Å²) in [5.74, 6) is 0.754. The van der Waals surface area contributed by atoms with Crippen LogP contribution in [0.2, 0.25) is 0 Å². The highest BCUT2D eigenvalue weighted by molar-refractivity contribution is 5.20. The average molecular weight is 283 g/mol. The molecule has 3 rings (SSSR count). The Morgan fingerprint density at radius 1 is 1.14 bits per heavy atom. The SMILES string of the molecule is Cc1nn(C)cc1CNC1CCC(c2ccccc2)CC1. The minimum atomic E-state index is 0.657. The first-order valence-electron chi connectivity index (χ1n) is 8.00. The van der Waals surface area contributed by atoms with Gasteiger partial charge >= 0.3 is 0 Å². The highest BCUT2D eigenvalue weighted by Crippen LogP contribution is 2.32. The van der Waals surface area contributed by atoms with Gasteiger partial charge in [-0.1, -0.05) is 30.3 Å². The summed E-state index contributed by atoms with van der Waals surface area (Å²) >= 11 is 0. The zero-order valence-electron chi connectivity index (χ0n) is 13.0. The highest BCUT2D eigenvalue weighted by Gasteiger charge is 2.22. The maximum atomic E-state index is 4.40. The van der Waals surface area contributed by atoms with Gasteiger partial charge in [0.1, 0.15) is 0 Å². The first kappa shape index (κ1) is 14.3. The molecule has 112 valence electrons. The normalized spacial score (nSPS) is 22.4. The van der Waals surface area contributed by atoms with Crippen LogP contribution in [0.25, 0.3) is 0 Å². The van der Waals surface area contributed by atoms with E-state index in [-0.39, 0.29) is 0 Å². The molecule has 0 radical (unpaired) electrons. The van der Waals surface area contributed by atoms with E-state index < -0.39 is 0 Å². The van der Waals surface area contributed by atoms with Crippen molar-refractivity contribution in [2.24, 2.45) is 7.05 Å². The molecule has 1 heterocycles. The third kappa shape index (κ3) is 3.53. The van der Waals surface area contributed by atoms with E-state index in [0.717, 1.165) is 18.2 Å². The van der Waals surface area contributed by atoms with Gasteiger partial charge < -0.3 is 5.32 Å². The molecule has 0 spiro atoms. The molecule has 2 aromatic rings. The standard InChI is InChI=1S/C18H25N3/c1-14-17(13-21(2)20-14)12-19-18-10-8-16(9-11-18)15-6-4-3-5-7-15/h3-7,13,16,18-19H,8-12H2,1-2H3. The van der Waals surface area contributed by atoms with Crippen molar-refractivity contribution in [3.8, 4) is 0 Å². The summed E-state index contributed by atoms with van der Waals surface area (Å²) in [6, 6.07) is 11.6. The van der Waals surface area contributed by atoms with Gasteiger partial charge in [-0.05, 0) is 44.1 Å². The van der Waals surface area contributed by atoms with E-state index >= 15 is 0 Å². The molecule has 0 aliphatic heterocycles. The molecule has 0 atom stereocenters. The lowest BCUT2D eigenvalue weighted by Gasteiger charge is -2.29. The maximum Gasteiger partial charge on any atom is 0.0638 e. The second-order valence-corrected chi connectivity index (χ2v) is 6.25. The molecule has 3 heteroatoms. The highest BCUT2D eigenvalue weighted by atomic mass is 15.2. The zero-order chi connectivity index (χ0) is 14.7. The molecule has 1 saturated carbocycles. The molecule has 1 aromatic heterocycles. The molecule has 1 aliphatic rings. The Bertz CT molecular complexity index is 565. The molecular weight excluding hydrogens is 258 g/mol. The van der Waals surface area contributed by atoms with Gasteiger partial charge in [-0.3, -0.25) is 4.68 Å². The van der Waals surface area contributed by atoms with Gasteiger partial charge in [0.25, 0.3) is 0 Å². The summed E-state index contributed by atoms with van der Waals surface area (Å²) in [6.45, 7) is 3.03. The summed E-state index contributed by atoms with van der Waals surface area (Å²) in [7, 11) is 1.99. The minimum Gasteiger partial charge on any atom is -0.310 e. The van der Waals surface area contributed by atoms with Crippen LogP contribution in [0.5, 0.6) is 0 Å². The van der Waals surface area contributed by atoms with Crippen molar-refractivity contribution in [2.75, 3.05) is 0 Å². The maximum absolute atomic E-state index is 4.40. The number of nitrogens with zero attached hydrogens (tertiary/aromatic N) is 2. The van der Waals surface area contributed by atoms with Crippen molar-refractivity contribution in [3.63, 3.8) is 0 Å². The molecular formula is C18H25N3. The van der Waals surface area contributed by atoms with Gasteiger partial charge in [0, 0.05) is 31.4 Å². The fourth-order valence-electron chi connectivity index (χ4n) is 3.43. The smallest absolute Gasteiger partial charge is 0.0638 e. The number of hydrogen-bond donors (Lipinski definition) is 1. The van der Waals surface area contributed by atoms with E-state index in [9.17, 15) is 0 Å². The van der Waals surface area contributed by atoms with Crippen LogP contribution >= 0.6 is 0 Å². The number of rotatable bonds is 4. The molecule has 0 saturated heterocycles. The summed E-state index contributed by atoms with van der Waals surface area (Å²) in [6.07, 6.45) is 7.27. The van der Waals surface area contributed by atoms with Crippen molar-refractivity contribution in [2.45, 2.75) is 51.1 Å². The second kappa shape index (κ2) is 6.44. The molecule has 3 nitrogen and oxygen atoms in total. The first-order chi connectivity index (χ1) is 10.2. The van der Waals surface area contributed by atoms with Crippen LogP contribution in [0.15, 0.2) is 36.5 Å². The third-order valence-electron chi connectivity index (χ3n) is 4.69. The Labute approximate surface area is 127 Å². The molecule has 0 unspecified atom stereocenters. The fraction of sp³-hybridized carbons (Fsp3) is 0.500. The van der Waals surface area contributed by atoms with Crippen LogP contribution in [0.1, 0.15) is 48.4 Å². The van der Waals surface area contributed by atoms with Gasteiger partial charge in [-0.2, -0.15) is 5.10 Å². The van der Waals surface area contributed by atoms with Crippen LogP contribution in [-0.4, -0.2) is 15.8 Å². The van der Waals surface area contributed by atoms with E-state index in [2.05, 4.69) is 53.9 Å². The predicted octanol–water partition coefficient (Wildman–Crippen LogP) is 3.54. The van der Waals surface area contributed by atoms with Crippen LogP contribution < -0.4 is 5.32 Å². The molecule has 1 aromatic carbocycles. The van der Waals surface area contributed by atoms with E-state index in [0.29, 0.717) is 6.04 Å². The molecule has 21 heavy (non-hydrogen) atoms. The summed E-state index contributed by atoms with van der Waals surface area (Å²) in [5, 5.41) is 8.11. The molecule has 1 N–H and O–H groups in total. The van der Waals surface area contributed by atoms with Gasteiger partial charge in [-0.15, -0.1) is 0 Å². The number of benzene rings is 1. The topological polar surface area (TPSA) is 29.9 Å². The van der Waals surface area contributed by atoms with Crippen molar-refractivity contribution >= 4 is 0 Å². The van der Waals surface area contributed by atoms with Crippen molar-refractivity contribution < 1.29 is 0 Å². The number of aryl methyl sites for hydroxylation is 2. The van der Waals surface area contributed by atoms with Crippen molar-refractivity contribution in [1.29, 1.82) is 0 Å². The second-order valence-electron chi connectivity index (χ2n) is 6.25. The molecule has 1 fully saturated rings. The average Bonchev–Trinajstić information content (AvgIpc) is 2.84. The number of nitrogens with one attached hydrogen (secondary N) is 1. The minimum absolute atomic E-state index is 0.657. The monoisotopic (exact) mass is 283 g/mol. The molecule has 1 aliphatic carbocycles. The van der Waals surface area contributed by atoms with E-state index in [4.69, 9.17) is 0 Å². The van der Waals surface area contributed by atoms with E-state index in [1.54, 1.807) is 0 Å². The Morgan fingerprint density at radius 3 is 2.48 bits per heavy atom. The zero-order valence-corrected chi connectivity index (χ0v) is 13.0. The molecule has 0 amide bonds. The lowest BCUT2D eigenvalue weighted by atomic mass is 9.82. The third-order valence-corrected chi connectivity index (χ3v) is 4.69. The largest absolute Gasteiger partial charge is 0.310 e. The van der Waals surface area contributed by atoms with Crippen LogP contribution in [0.4, 0.5) is 0 Å². The van der Waals surface area contributed by atoms with Crippen molar-refractivity contribution in [1.82, 2.24) is 15.1 Å². The lowest BCUT2D eigenvalue weighted by Crippen LogP contribution is -2.32. The van der Waals surface area contributed by atoms with Gasteiger partial charge in [0.15, 0.2) is 0 Å². The van der Waals surface area contributed by atoms with Crippen molar-refractivity contribution in [3.05, 3.63) is 53.3 Å². The summed E-state index contributed by atoms with van der Waals surface area (Å²) in [5.41, 5.74) is 3.98. The van der Waals surface area contributed by atoms with E-state index in [1.165, 1.54) is 36.8 Å². The fourth-order valence-corrected chi connectivity index (χ4v) is 3.43. The molecule has 0 bridgehead atoms. The van der Waals surface area contributed by atoms with Gasteiger partial charge in [0.05, 0.1) is 5.69 Å². The van der Waals surface area contributed by atoms with Crippen LogP contribution in [0, 0.1) is 6.92 Å². The lowest BCUT2D eigenvalue weighted by molar-refractivity contribution is 0.341. The van der Waals surface area contributed by atoms with E-state index in [1.807, 2.05) is 11.7 Å². The number of aromatic nitrogens is 2. The Hall–Kier alpha value is -1.61. The predicted molar refractivity (Wildman–Crippen MR) is 86.2 cm³/mol. The van der Waals surface area contributed by atoms with Gasteiger partial charge in [-0.25, -0.2) is 0 Å². The van der Waals surface area contributed by atoms with Crippen LogP contribution in [0.3, 0.4) is 0 Å². The Kier molecular flexibility index (Phi) is 4.39. The quantitative estimate of drug-likeness (QED) is 0.930. The Morgan fingerprint density at radius 2 is 1.86 bits per heavy atom. The van der Waals surface area contributed by atoms with Gasteiger partial charge in [0.2, 0.25) is 0 Å². The summed E-state index contributed by atoms with van der Waals surface area (Å²) in [4.78, 5) is 0. The summed E-state index contributed by atoms with van der Waals surface area (Å²) < 4.78 is 1.90. The Balaban J connectivity index is 1.49.